The molecule has 0 heterocycles. The summed E-state index contributed by atoms with van der Waals surface area (Å²) in [4.78, 5) is 0. The molecule has 0 spiro atoms. The summed E-state index contributed by atoms with van der Waals surface area (Å²) in [6.07, 6.45) is 2.68. The summed E-state index contributed by atoms with van der Waals surface area (Å²) in [6, 6.07) is 5.19. The topological polar surface area (TPSA) is 21.3 Å². The first kappa shape index (κ1) is 10.5. The Morgan fingerprint density at radius 3 is 2.33 bits per heavy atom. The van der Waals surface area contributed by atoms with Crippen LogP contribution in [-0.2, 0) is 6.54 Å². The Morgan fingerprint density at radius 2 is 1.87 bits per heavy atom. The minimum Gasteiger partial charge on any atom is -0.496 e. The summed E-state index contributed by atoms with van der Waals surface area (Å²) in [5.41, 5.74) is 3.81. The van der Waals surface area contributed by atoms with Gasteiger partial charge in [-0.2, -0.15) is 0 Å². The normalized spacial score (nSPS) is 15.4. The summed E-state index contributed by atoms with van der Waals surface area (Å²) >= 11 is 0. The number of benzene rings is 1. The van der Waals surface area contributed by atoms with Crippen LogP contribution < -0.4 is 10.1 Å². The van der Waals surface area contributed by atoms with E-state index in [1.165, 1.54) is 29.5 Å². The number of rotatable bonds is 4. The molecular weight excluding hydrogens is 186 g/mol. The summed E-state index contributed by atoms with van der Waals surface area (Å²) in [7, 11) is 1.73. The number of hydrogen-bond acceptors (Lipinski definition) is 2. The van der Waals surface area contributed by atoms with Gasteiger partial charge in [-0.25, -0.2) is 0 Å². The van der Waals surface area contributed by atoms with Crippen molar-refractivity contribution in [1.29, 1.82) is 0 Å². The molecule has 0 atom stereocenters. The Labute approximate surface area is 91.6 Å². The smallest absolute Gasteiger partial charge is 0.124 e. The molecule has 1 N–H and O–H groups in total. The van der Waals surface area contributed by atoms with Gasteiger partial charge in [0, 0.05) is 12.6 Å². The zero-order valence-electron chi connectivity index (χ0n) is 9.76. The van der Waals surface area contributed by atoms with Gasteiger partial charge in [0.15, 0.2) is 0 Å². The largest absolute Gasteiger partial charge is 0.496 e. The fraction of sp³-hybridized carbons (Fsp3) is 0.538. The predicted octanol–water partition coefficient (Wildman–Crippen LogP) is 2.56. The highest BCUT2D eigenvalue weighted by molar-refractivity contribution is 5.43. The molecule has 0 aliphatic heterocycles. The van der Waals surface area contributed by atoms with E-state index in [-0.39, 0.29) is 0 Å². The number of aryl methyl sites for hydroxylation is 2. The van der Waals surface area contributed by atoms with Gasteiger partial charge in [-0.15, -0.1) is 0 Å². The standard InChI is InChI=1S/C13H19NO/c1-9-6-11(8-14-12-4-5-12)7-10(2)13(9)15-3/h6-7,12,14H,4-5,8H2,1-3H3. The van der Waals surface area contributed by atoms with Gasteiger partial charge in [0.05, 0.1) is 7.11 Å². The van der Waals surface area contributed by atoms with Crippen molar-refractivity contribution in [3.8, 4) is 5.75 Å². The van der Waals surface area contributed by atoms with Gasteiger partial charge in [-0.1, -0.05) is 12.1 Å². The van der Waals surface area contributed by atoms with E-state index in [9.17, 15) is 0 Å². The highest BCUT2D eigenvalue weighted by Gasteiger charge is 2.20. The third-order valence-corrected chi connectivity index (χ3v) is 2.90. The molecule has 0 saturated heterocycles. The first-order valence-corrected chi connectivity index (χ1v) is 5.58. The fourth-order valence-corrected chi connectivity index (χ4v) is 2.01. The predicted molar refractivity (Wildman–Crippen MR) is 62.3 cm³/mol. The van der Waals surface area contributed by atoms with Crippen LogP contribution in [0.25, 0.3) is 0 Å². The Bertz CT molecular complexity index is 333. The minimum absolute atomic E-state index is 0.771. The molecule has 2 rings (SSSR count). The van der Waals surface area contributed by atoms with Crippen molar-refractivity contribution in [3.05, 3.63) is 28.8 Å². The number of nitrogens with one attached hydrogen (secondary N) is 1. The molecule has 1 saturated carbocycles. The maximum atomic E-state index is 5.35. The first-order chi connectivity index (χ1) is 7.20. The third-order valence-electron chi connectivity index (χ3n) is 2.90. The molecule has 82 valence electrons. The van der Waals surface area contributed by atoms with Crippen molar-refractivity contribution in [2.45, 2.75) is 39.3 Å². The van der Waals surface area contributed by atoms with Crippen molar-refractivity contribution >= 4 is 0 Å². The van der Waals surface area contributed by atoms with E-state index < -0.39 is 0 Å². The lowest BCUT2D eigenvalue weighted by Crippen LogP contribution is -2.15. The average molecular weight is 205 g/mol. The molecule has 2 heteroatoms. The Kier molecular flexibility index (Phi) is 2.96. The Balaban J connectivity index is 2.10. The molecule has 0 radical (unpaired) electrons. The second kappa shape index (κ2) is 4.23. The first-order valence-electron chi connectivity index (χ1n) is 5.58. The molecule has 1 aromatic rings. The highest BCUT2D eigenvalue weighted by atomic mass is 16.5. The maximum Gasteiger partial charge on any atom is 0.124 e. The van der Waals surface area contributed by atoms with Crippen LogP contribution in [0.3, 0.4) is 0 Å². The molecule has 2 nitrogen and oxygen atoms in total. The van der Waals surface area contributed by atoms with E-state index in [0.717, 1.165) is 18.3 Å². The Morgan fingerprint density at radius 1 is 1.27 bits per heavy atom. The highest BCUT2D eigenvalue weighted by Crippen LogP contribution is 2.25. The Hall–Kier alpha value is -1.02. The maximum absolute atomic E-state index is 5.35. The van der Waals surface area contributed by atoms with Gasteiger partial charge >= 0.3 is 0 Å². The molecule has 1 aliphatic rings. The van der Waals surface area contributed by atoms with E-state index in [1.54, 1.807) is 7.11 Å². The molecule has 0 aromatic heterocycles. The summed E-state index contributed by atoms with van der Waals surface area (Å²) < 4.78 is 5.35. The molecular formula is C13H19NO. The minimum atomic E-state index is 0.771. The number of methoxy groups -OCH3 is 1. The number of hydrogen-bond donors (Lipinski definition) is 1. The summed E-state index contributed by atoms with van der Waals surface area (Å²) in [5.74, 6) is 1.02. The van der Waals surface area contributed by atoms with Gasteiger partial charge in [-0.05, 0) is 43.4 Å². The molecule has 1 aromatic carbocycles. The zero-order valence-corrected chi connectivity index (χ0v) is 9.76. The van der Waals surface area contributed by atoms with Crippen LogP contribution in [0.2, 0.25) is 0 Å². The van der Waals surface area contributed by atoms with Crippen LogP contribution in [0.5, 0.6) is 5.75 Å². The molecule has 0 unspecified atom stereocenters. The van der Waals surface area contributed by atoms with Crippen molar-refractivity contribution in [1.82, 2.24) is 5.32 Å². The van der Waals surface area contributed by atoms with Gasteiger partial charge in [-0.3, -0.25) is 0 Å². The fourth-order valence-electron chi connectivity index (χ4n) is 2.01. The van der Waals surface area contributed by atoms with Crippen LogP contribution in [-0.4, -0.2) is 13.2 Å². The lowest BCUT2D eigenvalue weighted by atomic mass is 10.1. The lowest BCUT2D eigenvalue weighted by Gasteiger charge is -2.11. The summed E-state index contributed by atoms with van der Waals surface area (Å²) in [6.45, 7) is 5.19. The van der Waals surface area contributed by atoms with Crippen LogP contribution in [0.4, 0.5) is 0 Å². The van der Waals surface area contributed by atoms with E-state index in [2.05, 4.69) is 31.3 Å². The van der Waals surface area contributed by atoms with Crippen LogP contribution in [0, 0.1) is 13.8 Å². The van der Waals surface area contributed by atoms with Gasteiger partial charge in [0.25, 0.3) is 0 Å². The lowest BCUT2D eigenvalue weighted by molar-refractivity contribution is 0.408. The van der Waals surface area contributed by atoms with Crippen LogP contribution >= 0.6 is 0 Å². The molecule has 1 fully saturated rings. The molecule has 0 bridgehead atoms. The quantitative estimate of drug-likeness (QED) is 0.815. The second-order valence-corrected chi connectivity index (χ2v) is 4.42. The summed E-state index contributed by atoms with van der Waals surface area (Å²) in [5, 5.41) is 3.52. The number of ether oxygens (including phenoxy) is 1. The van der Waals surface area contributed by atoms with Gasteiger partial charge in [0.2, 0.25) is 0 Å². The molecule has 0 amide bonds. The van der Waals surface area contributed by atoms with E-state index >= 15 is 0 Å². The van der Waals surface area contributed by atoms with E-state index in [4.69, 9.17) is 4.74 Å². The van der Waals surface area contributed by atoms with Crippen molar-refractivity contribution in [2.75, 3.05) is 7.11 Å². The van der Waals surface area contributed by atoms with Gasteiger partial charge in [0.1, 0.15) is 5.75 Å². The molecule has 15 heavy (non-hydrogen) atoms. The van der Waals surface area contributed by atoms with Crippen molar-refractivity contribution < 1.29 is 4.74 Å². The molecule has 1 aliphatic carbocycles. The van der Waals surface area contributed by atoms with Crippen LogP contribution in [0.15, 0.2) is 12.1 Å². The monoisotopic (exact) mass is 205 g/mol. The third kappa shape index (κ3) is 2.51. The van der Waals surface area contributed by atoms with Crippen LogP contribution in [0.1, 0.15) is 29.5 Å². The van der Waals surface area contributed by atoms with Crippen molar-refractivity contribution in [3.63, 3.8) is 0 Å². The van der Waals surface area contributed by atoms with E-state index in [0.29, 0.717) is 0 Å². The average Bonchev–Trinajstić information content (AvgIpc) is 2.97. The van der Waals surface area contributed by atoms with E-state index in [1.807, 2.05) is 0 Å². The van der Waals surface area contributed by atoms with Gasteiger partial charge < -0.3 is 10.1 Å². The van der Waals surface area contributed by atoms with Crippen molar-refractivity contribution in [2.24, 2.45) is 0 Å². The zero-order chi connectivity index (χ0) is 10.8. The second-order valence-electron chi connectivity index (χ2n) is 4.42. The SMILES string of the molecule is COc1c(C)cc(CNC2CC2)cc1C.